The molecule has 114 valence electrons. The van der Waals surface area contributed by atoms with Gasteiger partial charge in [0.15, 0.2) is 5.75 Å². The molecule has 1 saturated heterocycles. The zero-order valence-corrected chi connectivity index (χ0v) is 14.0. The molecule has 0 aliphatic carbocycles. The molecular weight excluding hydrogens is 316 g/mol. The third-order valence-corrected chi connectivity index (χ3v) is 4.92. The van der Waals surface area contributed by atoms with Gasteiger partial charge in [-0.3, -0.25) is 9.69 Å². The zero-order valence-electron chi connectivity index (χ0n) is 12.4. The molecule has 0 spiro atoms. The Hall–Kier alpha value is -1.79. The number of rotatable bonds is 3. The van der Waals surface area contributed by atoms with E-state index < -0.39 is 0 Å². The Balaban J connectivity index is 1.87. The number of para-hydroxylation sites is 2. The number of carbonyl (C=O) groups is 1. The Bertz CT molecular complexity index is 697. The van der Waals surface area contributed by atoms with Crippen molar-refractivity contribution < 1.29 is 9.53 Å². The highest BCUT2D eigenvalue weighted by atomic mass is 32.2. The summed E-state index contributed by atoms with van der Waals surface area (Å²) in [4.78, 5) is 16.5. The summed E-state index contributed by atoms with van der Waals surface area (Å²) in [6.45, 7) is 5.38. The predicted octanol–water partition coefficient (Wildman–Crippen LogP) is 3.51. The number of hydrogen-bond acceptors (Lipinski definition) is 5. The maximum absolute atomic E-state index is 12.2. The largest absolute Gasteiger partial charge is 0.439 e. The fourth-order valence-corrected chi connectivity index (χ4v) is 3.76. The summed E-state index contributed by atoms with van der Waals surface area (Å²) in [5.41, 5.74) is 1.05. The molecule has 2 aliphatic rings. The zero-order chi connectivity index (χ0) is 15.7. The Morgan fingerprint density at radius 1 is 1.18 bits per heavy atom. The van der Waals surface area contributed by atoms with E-state index in [1.54, 1.807) is 11.0 Å². The molecule has 1 aromatic rings. The van der Waals surface area contributed by atoms with E-state index in [4.69, 9.17) is 17.0 Å². The van der Waals surface area contributed by atoms with Crippen LogP contribution in [-0.4, -0.2) is 28.2 Å². The summed E-state index contributed by atoms with van der Waals surface area (Å²) >= 11 is 6.54. The molecule has 0 bridgehead atoms. The SMILES string of the molecule is CCN1C(=O)/C(=C\C=C2/Oc3ccccc3N2CC)SC1=S. The van der Waals surface area contributed by atoms with Gasteiger partial charge in [-0.15, -0.1) is 0 Å². The van der Waals surface area contributed by atoms with Crippen molar-refractivity contribution in [3.63, 3.8) is 0 Å². The fourth-order valence-electron chi connectivity index (χ4n) is 2.44. The maximum atomic E-state index is 12.2. The number of nitrogens with zero attached hydrogens (tertiary/aromatic N) is 2. The molecule has 1 amide bonds. The lowest BCUT2D eigenvalue weighted by atomic mass is 10.3. The summed E-state index contributed by atoms with van der Waals surface area (Å²) in [7, 11) is 0. The van der Waals surface area contributed by atoms with E-state index in [0.717, 1.165) is 23.9 Å². The van der Waals surface area contributed by atoms with Crippen molar-refractivity contribution >= 4 is 39.9 Å². The molecule has 0 saturated carbocycles. The van der Waals surface area contributed by atoms with Crippen LogP contribution in [0.2, 0.25) is 0 Å². The average molecular weight is 332 g/mol. The van der Waals surface area contributed by atoms with Crippen LogP contribution in [0.4, 0.5) is 5.69 Å². The van der Waals surface area contributed by atoms with Crippen LogP contribution in [0.3, 0.4) is 0 Å². The van der Waals surface area contributed by atoms with Crippen LogP contribution in [-0.2, 0) is 4.79 Å². The van der Waals surface area contributed by atoms with Gasteiger partial charge in [0.25, 0.3) is 5.91 Å². The first kappa shape index (κ1) is 15.1. The number of anilines is 1. The number of benzene rings is 1. The predicted molar refractivity (Wildman–Crippen MR) is 93.8 cm³/mol. The minimum absolute atomic E-state index is 0.0343. The quantitative estimate of drug-likeness (QED) is 0.625. The molecule has 2 heterocycles. The van der Waals surface area contributed by atoms with Gasteiger partial charge >= 0.3 is 0 Å². The van der Waals surface area contributed by atoms with E-state index in [9.17, 15) is 4.79 Å². The Morgan fingerprint density at radius 2 is 1.91 bits per heavy atom. The van der Waals surface area contributed by atoms with Gasteiger partial charge in [-0.2, -0.15) is 0 Å². The standard InChI is InChI=1S/C16H16N2O2S2/c1-3-17-11-7-5-6-8-12(11)20-14(17)10-9-13-15(19)18(4-2)16(21)22-13/h5-10H,3-4H2,1-2H3/b13-9+,14-10-. The van der Waals surface area contributed by atoms with Crippen LogP contribution >= 0.6 is 24.0 Å². The molecule has 6 heteroatoms. The van der Waals surface area contributed by atoms with Crippen molar-refractivity contribution in [1.82, 2.24) is 4.90 Å². The highest BCUT2D eigenvalue weighted by Gasteiger charge is 2.30. The third kappa shape index (κ3) is 2.53. The number of fused-ring (bicyclic) bond motifs is 1. The van der Waals surface area contributed by atoms with Crippen molar-refractivity contribution in [3.05, 3.63) is 47.2 Å². The number of thioether (sulfide) groups is 1. The van der Waals surface area contributed by atoms with Crippen molar-refractivity contribution in [2.75, 3.05) is 18.0 Å². The second-order valence-corrected chi connectivity index (χ2v) is 6.44. The van der Waals surface area contributed by atoms with Gasteiger partial charge in [0.05, 0.1) is 10.6 Å². The minimum Gasteiger partial charge on any atom is -0.439 e. The summed E-state index contributed by atoms with van der Waals surface area (Å²) < 4.78 is 6.47. The van der Waals surface area contributed by atoms with Crippen LogP contribution < -0.4 is 9.64 Å². The summed E-state index contributed by atoms with van der Waals surface area (Å²) in [5.74, 6) is 1.53. The van der Waals surface area contributed by atoms with Crippen molar-refractivity contribution in [2.45, 2.75) is 13.8 Å². The fraction of sp³-hybridized carbons (Fsp3) is 0.250. The van der Waals surface area contributed by atoms with Crippen LogP contribution in [0.1, 0.15) is 13.8 Å². The number of allylic oxidation sites excluding steroid dienone is 2. The Labute approximate surface area is 139 Å². The molecule has 0 aromatic heterocycles. The lowest BCUT2D eigenvalue weighted by Gasteiger charge is -2.14. The summed E-state index contributed by atoms with van der Waals surface area (Å²) in [5, 5.41) is 0. The summed E-state index contributed by atoms with van der Waals surface area (Å²) in [6.07, 6.45) is 3.63. The van der Waals surface area contributed by atoms with Gasteiger partial charge in [-0.1, -0.05) is 36.1 Å². The van der Waals surface area contributed by atoms with E-state index in [-0.39, 0.29) is 5.91 Å². The topological polar surface area (TPSA) is 32.8 Å². The molecule has 22 heavy (non-hydrogen) atoms. The monoisotopic (exact) mass is 332 g/mol. The number of carbonyl (C=O) groups excluding carboxylic acids is 1. The first-order valence-corrected chi connectivity index (χ1v) is 8.38. The maximum Gasteiger partial charge on any atom is 0.266 e. The first-order valence-electron chi connectivity index (χ1n) is 7.15. The molecule has 0 atom stereocenters. The lowest BCUT2D eigenvalue weighted by molar-refractivity contribution is -0.122. The molecule has 1 aromatic carbocycles. The molecule has 0 radical (unpaired) electrons. The van der Waals surface area contributed by atoms with Crippen LogP contribution in [0.25, 0.3) is 0 Å². The second-order valence-electron chi connectivity index (χ2n) is 4.77. The van der Waals surface area contributed by atoms with Crippen molar-refractivity contribution in [1.29, 1.82) is 0 Å². The van der Waals surface area contributed by atoms with Gasteiger partial charge in [-0.05, 0) is 32.1 Å². The number of likely N-dealkylation sites (N-methyl/N-ethyl adjacent to an activating group) is 1. The average Bonchev–Trinajstić information content (AvgIpc) is 3.01. The molecule has 0 unspecified atom stereocenters. The molecule has 1 fully saturated rings. The van der Waals surface area contributed by atoms with E-state index >= 15 is 0 Å². The number of hydrogen-bond donors (Lipinski definition) is 0. The van der Waals surface area contributed by atoms with E-state index in [1.807, 2.05) is 37.3 Å². The lowest BCUT2D eigenvalue weighted by Crippen LogP contribution is -2.27. The van der Waals surface area contributed by atoms with Gasteiger partial charge in [-0.25, -0.2) is 0 Å². The Kier molecular flexibility index (Phi) is 4.22. The van der Waals surface area contributed by atoms with E-state index in [0.29, 0.717) is 15.8 Å². The smallest absolute Gasteiger partial charge is 0.266 e. The van der Waals surface area contributed by atoms with Crippen molar-refractivity contribution in [2.24, 2.45) is 0 Å². The van der Waals surface area contributed by atoms with Gasteiger partial charge in [0, 0.05) is 19.2 Å². The molecular formula is C16H16N2O2S2. The summed E-state index contributed by atoms with van der Waals surface area (Å²) in [6, 6.07) is 7.90. The number of ether oxygens (including phenoxy) is 1. The first-order chi connectivity index (χ1) is 10.7. The van der Waals surface area contributed by atoms with Gasteiger partial charge in [0.1, 0.15) is 4.32 Å². The second kappa shape index (κ2) is 6.14. The Morgan fingerprint density at radius 3 is 2.59 bits per heavy atom. The highest BCUT2D eigenvalue weighted by molar-refractivity contribution is 8.26. The molecule has 4 nitrogen and oxygen atoms in total. The molecule has 0 N–H and O–H groups in total. The molecule has 2 aliphatic heterocycles. The van der Waals surface area contributed by atoms with E-state index in [1.165, 1.54) is 11.8 Å². The van der Waals surface area contributed by atoms with Gasteiger partial charge in [0.2, 0.25) is 5.88 Å². The van der Waals surface area contributed by atoms with Crippen LogP contribution in [0, 0.1) is 0 Å². The van der Waals surface area contributed by atoms with E-state index in [2.05, 4.69) is 11.8 Å². The number of amides is 1. The normalized spacial score (nSPS) is 21.0. The van der Waals surface area contributed by atoms with Crippen molar-refractivity contribution in [3.8, 4) is 5.75 Å². The highest BCUT2D eigenvalue weighted by Crippen LogP contribution is 2.38. The van der Waals surface area contributed by atoms with Gasteiger partial charge < -0.3 is 9.64 Å². The molecule has 3 rings (SSSR count). The number of thiocarbonyl (C=S) groups is 1. The van der Waals surface area contributed by atoms with Crippen LogP contribution in [0.15, 0.2) is 47.2 Å². The third-order valence-electron chi connectivity index (χ3n) is 3.52. The minimum atomic E-state index is -0.0343. The van der Waals surface area contributed by atoms with Crippen LogP contribution in [0.5, 0.6) is 5.75 Å².